The number of aliphatic hydroxyl groups is 1. The quantitative estimate of drug-likeness (QED) is 0.363. The van der Waals surface area contributed by atoms with Gasteiger partial charge in [-0.05, 0) is 45.3 Å². The van der Waals surface area contributed by atoms with Gasteiger partial charge in [0.1, 0.15) is 10.2 Å². The number of aliphatic hydroxyl groups excluding tert-OH is 1. The third-order valence-corrected chi connectivity index (χ3v) is 5.80. The molecule has 0 radical (unpaired) electrons. The third kappa shape index (κ3) is 5.73. The molecule has 0 saturated heterocycles. The minimum atomic E-state index is -0.793. The number of ether oxygens (including phenoxy) is 3. The van der Waals surface area contributed by atoms with Gasteiger partial charge in [0.25, 0.3) is 11.4 Å². The van der Waals surface area contributed by atoms with E-state index in [0.29, 0.717) is 34.3 Å². The Balaban J connectivity index is 1.70. The summed E-state index contributed by atoms with van der Waals surface area (Å²) in [5, 5.41) is 20.4. The fraction of sp³-hybridized carbons (Fsp3) is 0.273. The van der Waals surface area contributed by atoms with Crippen molar-refractivity contribution in [1.29, 1.82) is 0 Å². The predicted molar refractivity (Wildman–Crippen MR) is 126 cm³/mol. The highest BCUT2D eigenvalue weighted by Gasteiger charge is 2.16. The Labute approximate surface area is 198 Å². The molecule has 3 rings (SSSR count). The zero-order valence-corrected chi connectivity index (χ0v) is 19.9. The van der Waals surface area contributed by atoms with Crippen LogP contribution in [0.1, 0.15) is 23.7 Å². The number of benzene rings is 2. The molecule has 3 aromatic rings. The minimum absolute atomic E-state index is 0.156. The summed E-state index contributed by atoms with van der Waals surface area (Å²) in [6.07, 6.45) is -0.504. The van der Waals surface area contributed by atoms with Crippen molar-refractivity contribution in [3.8, 4) is 17.4 Å². The predicted octanol–water partition coefficient (Wildman–Crippen LogP) is 4.32. The second-order valence-corrected chi connectivity index (χ2v) is 7.96. The van der Waals surface area contributed by atoms with Crippen LogP contribution in [0.5, 0.6) is 17.4 Å². The van der Waals surface area contributed by atoms with E-state index in [1.807, 2.05) is 18.2 Å². The SMILES string of the molecule is COc1ccc(CNc2c(OCCC(O)c3ccccc3Cl)n[nH]c(=O)c2Br)cc1OC. The molecule has 1 atom stereocenters. The largest absolute Gasteiger partial charge is 0.493 e. The summed E-state index contributed by atoms with van der Waals surface area (Å²) in [6, 6.07) is 12.6. The van der Waals surface area contributed by atoms with Gasteiger partial charge >= 0.3 is 0 Å². The molecule has 0 saturated carbocycles. The first kappa shape index (κ1) is 23.9. The van der Waals surface area contributed by atoms with Gasteiger partial charge in [-0.2, -0.15) is 0 Å². The van der Waals surface area contributed by atoms with E-state index in [-0.39, 0.29) is 23.4 Å². The van der Waals surface area contributed by atoms with E-state index >= 15 is 0 Å². The van der Waals surface area contributed by atoms with Gasteiger partial charge in [-0.25, -0.2) is 5.10 Å². The first-order chi connectivity index (χ1) is 15.4. The van der Waals surface area contributed by atoms with Gasteiger partial charge in [-0.1, -0.05) is 35.9 Å². The van der Waals surface area contributed by atoms with E-state index < -0.39 is 11.7 Å². The number of nitrogens with zero attached hydrogens (tertiary/aromatic N) is 1. The number of hydrogen-bond donors (Lipinski definition) is 3. The minimum Gasteiger partial charge on any atom is -0.493 e. The lowest BCUT2D eigenvalue weighted by Crippen LogP contribution is -2.16. The summed E-state index contributed by atoms with van der Waals surface area (Å²) in [5.41, 5.74) is 1.52. The van der Waals surface area contributed by atoms with Crippen LogP contribution in [-0.2, 0) is 6.54 Å². The number of methoxy groups -OCH3 is 2. The van der Waals surface area contributed by atoms with Crippen molar-refractivity contribution in [1.82, 2.24) is 10.2 Å². The maximum atomic E-state index is 12.0. The molecule has 0 aliphatic carbocycles. The normalized spacial score (nSPS) is 11.7. The van der Waals surface area contributed by atoms with Crippen molar-refractivity contribution < 1.29 is 19.3 Å². The Bertz CT molecular complexity index is 1120. The number of aromatic nitrogens is 2. The van der Waals surface area contributed by atoms with Gasteiger partial charge in [0, 0.05) is 18.0 Å². The number of halogens is 2. The molecular formula is C22H23BrClN3O5. The molecule has 0 aliphatic rings. The Morgan fingerprint density at radius 3 is 2.66 bits per heavy atom. The lowest BCUT2D eigenvalue weighted by atomic mass is 10.1. The summed E-state index contributed by atoms with van der Waals surface area (Å²) >= 11 is 9.42. The molecule has 8 nitrogen and oxygen atoms in total. The van der Waals surface area contributed by atoms with Crippen molar-refractivity contribution in [2.24, 2.45) is 0 Å². The number of aromatic amines is 1. The Morgan fingerprint density at radius 2 is 1.94 bits per heavy atom. The molecule has 1 heterocycles. The zero-order chi connectivity index (χ0) is 23.1. The summed E-state index contributed by atoms with van der Waals surface area (Å²) in [7, 11) is 3.14. The number of hydrogen-bond acceptors (Lipinski definition) is 7. The van der Waals surface area contributed by atoms with E-state index in [1.165, 1.54) is 0 Å². The molecule has 10 heteroatoms. The fourth-order valence-electron chi connectivity index (χ4n) is 3.02. The maximum absolute atomic E-state index is 12.0. The monoisotopic (exact) mass is 523 g/mol. The molecule has 32 heavy (non-hydrogen) atoms. The first-order valence-corrected chi connectivity index (χ1v) is 10.9. The Morgan fingerprint density at radius 1 is 1.19 bits per heavy atom. The van der Waals surface area contributed by atoms with Crippen LogP contribution in [0.3, 0.4) is 0 Å². The van der Waals surface area contributed by atoms with E-state index in [2.05, 4.69) is 31.4 Å². The summed E-state index contributed by atoms with van der Waals surface area (Å²) in [6.45, 7) is 0.533. The van der Waals surface area contributed by atoms with Gasteiger partial charge < -0.3 is 24.6 Å². The Kier molecular flexibility index (Phi) is 8.38. The van der Waals surface area contributed by atoms with Crippen LogP contribution in [-0.4, -0.2) is 36.1 Å². The summed E-state index contributed by atoms with van der Waals surface area (Å²) < 4.78 is 16.6. The molecular weight excluding hydrogens is 502 g/mol. The lowest BCUT2D eigenvalue weighted by Gasteiger charge is -2.16. The number of anilines is 1. The van der Waals surface area contributed by atoms with Crippen LogP contribution >= 0.6 is 27.5 Å². The van der Waals surface area contributed by atoms with Crippen LogP contribution < -0.4 is 25.1 Å². The second kappa shape index (κ2) is 11.2. The topological polar surface area (TPSA) is 106 Å². The number of H-pyrrole nitrogens is 1. The lowest BCUT2D eigenvalue weighted by molar-refractivity contribution is 0.139. The number of rotatable bonds is 10. The molecule has 1 aromatic heterocycles. The standard InChI is InChI=1S/C22H23BrClN3O5/c1-30-17-8-7-13(11-18(17)31-2)12-25-20-19(23)21(29)26-27-22(20)32-10-9-16(28)14-5-3-4-6-15(14)24/h3-8,11,16,28H,9-10,12H2,1-2H3,(H2,25,26,29). The average Bonchev–Trinajstić information content (AvgIpc) is 2.80. The van der Waals surface area contributed by atoms with Crippen LogP contribution in [0, 0.1) is 0 Å². The number of nitrogens with one attached hydrogen (secondary N) is 2. The zero-order valence-electron chi connectivity index (χ0n) is 17.5. The van der Waals surface area contributed by atoms with Gasteiger partial charge in [0.05, 0.1) is 26.9 Å². The van der Waals surface area contributed by atoms with Crippen molar-refractivity contribution >= 4 is 33.2 Å². The van der Waals surface area contributed by atoms with Crippen LogP contribution in [0.15, 0.2) is 51.7 Å². The highest BCUT2D eigenvalue weighted by atomic mass is 79.9. The van der Waals surface area contributed by atoms with Gasteiger partial charge in [0.2, 0.25) is 0 Å². The van der Waals surface area contributed by atoms with E-state index in [9.17, 15) is 9.90 Å². The molecule has 0 amide bonds. The molecule has 170 valence electrons. The first-order valence-electron chi connectivity index (χ1n) is 9.72. The molecule has 3 N–H and O–H groups in total. The fourth-order valence-corrected chi connectivity index (χ4v) is 3.68. The van der Waals surface area contributed by atoms with Crippen molar-refractivity contribution in [2.45, 2.75) is 19.1 Å². The molecule has 0 aliphatic heterocycles. The van der Waals surface area contributed by atoms with Crippen LogP contribution in [0.25, 0.3) is 0 Å². The third-order valence-electron chi connectivity index (χ3n) is 4.70. The second-order valence-electron chi connectivity index (χ2n) is 6.76. The summed E-state index contributed by atoms with van der Waals surface area (Å²) in [5.74, 6) is 1.42. The highest BCUT2D eigenvalue weighted by Crippen LogP contribution is 2.31. The van der Waals surface area contributed by atoms with E-state index in [1.54, 1.807) is 38.5 Å². The van der Waals surface area contributed by atoms with Crippen LogP contribution in [0.4, 0.5) is 5.69 Å². The summed E-state index contributed by atoms with van der Waals surface area (Å²) in [4.78, 5) is 12.0. The molecule has 2 aromatic carbocycles. The van der Waals surface area contributed by atoms with Crippen molar-refractivity contribution in [3.63, 3.8) is 0 Å². The average molecular weight is 525 g/mol. The van der Waals surface area contributed by atoms with Gasteiger partial charge in [-0.15, -0.1) is 5.10 Å². The molecule has 0 fully saturated rings. The highest BCUT2D eigenvalue weighted by molar-refractivity contribution is 9.10. The molecule has 0 bridgehead atoms. The maximum Gasteiger partial charge on any atom is 0.280 e. The van der Waals surface area contributed by atoms with E-state index in [4.69, 9.17) is 25.8 Å². The molecule has 0 spiro atoms. The van der Waals surface area contributed by atoms with Gasteiger partial charge in [-0.3, -0.25) is 4.79 Å². The van der Waals surface area contributed by atoms with Crippen LogP contribution in [0.2, 0.25) is 5.02 Å². The van der Waals surface area contributed by atoms with E-state index in [0.717, 1.165) is 5.56 Å². The van der Waals surface area contributed by atoms with Crippen molar-refractivity contribution in [3.05, 3.63) is 73.4 Å². The van der Waals surface area contributed by atoms with Crippen molar-refractivity contribution in [2.75, 3.05) is 26.1 Å². The smallest absolute Gasteiger partial charge is 0.280 e. The van der Waals surface area contributed by atoms with Gasteiger partial charge in [0.15, 0.2) is 11.5 Å². The Hall–Kier alpha value is -2.75. The molecule has 1 unspecified atom stereocenters.